The van der Waals surface area contributed by atoms with Gasteiger partial charge in [-0.15, -0.1) is 0 Å². The van der Waals surface area contributed by atoms with Gasteiger partial charge in [0.2, 0.25) is 0 Å². The van der Waals surface area contributed by atoms with E-state index < -0.39 is 5.97 Å². The zero-order valence-electron chi connectivity index (χ0n) is 8.32. The van der Waals surface area contributed by atoms with Crippen LogP contribution in [0.25, 0.3) is 5.69 Å². The number of benzene rings is 1. The zero-order valence-corrected chi connectivity index (χ0v) is 12.3. The lowest BCUT2D eigenvalue weighted by atomic mass is 10.3. The van der Waals surface area contributed by atoms with Crippen molar-refractivity contribution in [2.24, 2.45) is 0 Å². The molecule has 2 aromatic rings. The smallest absolute Gasteiger partial charge is 0.352 e. The highest BCUT2D eigenvalue weighted by atomic mass is 79.9. The first-order valence-corrected chi connectivity index (χ1v) is 6.52. The molecule has 0 aliphatic heterocycles. The summed E-state index contributed by atoms with van der Waals surface area (Å²) in [5, 5.41) is 9.67. The monoisotopic (exact) mass is 377 g/mol. The lowest BCUT2D eigenvalue weighted by molar-refractivity contribution is 0.0688. The molecule has 0 atom stereocenters. The van der Waals surface area contributed by atoms with Crippen molar-refractivity contribution in [2.45, 2.75) is 0 Å². The standard InChI is InChI=1S/C11H6Br2ClNO2/c12-6-3-10(11(16)17)15(5-6)7-1-2-9(14)8(13)4-7/h1-5H,(H,16,17). The average Bonchev–Trinajstić information content (AvgIpc) is 2.64. The van der Waals surface area contributed by atoms with Crippen LogP contribution in [0.1, 0.15) is 10.5 Å². The highest BCUT2D eigenvalue weighted by molar-refractivity contribution is 9.10. The van der Waals surface area contributed by atoms with E-state index in [0.29, 0.717) is 9.50 Å². The van der Waals surface area contributed by atoms with E-state index in [1.54, 1.807) is 35.0 Å². The Morgan fingerprint density at radius 1 is 1.29 bits per heavy atom. The Balaban J connectivity index is 2.59. The summed E-state index contributed by atoms with van der Waals surface area (Å²) < 4.78 is 3.01. The van der Waals surface area contributed by atoms with Crippen LogP contribution in [0.5, 0.6) is 0 Å². The molecular formula is C11H6Br2ClNO2. The number of aromatic carboxylic acids is 1. The molecule has 88 valence electrons. The molecule has 3 nitrogen and oxygen atoms in total. The maximum Gasteiger partial charge on any atom is 0.352 e. The van der Waals surface area contributed by atoms with Gasteiger partial charge < -0.3 is 9.67 Å². The minimum absolute atomic E-state index is 0.186. The van der Waals surface area contributed by atoms with Crippen LogP contribution in [0.4, 0.5) is 0 Å². The summed E-state index contributed by atoms with van der Waals surface area (Å²) in [6.45, 7) is 0. The maximum atomic E-state index is 11.1. The summed E-state index contributed by atoms with van der Waals surface area (Å²) in [5.74, 6) is -0.984. The molecule has 0 amide bonds. The van der Waals surface area contributed by atoms with Gasteiger partial charge in [-0.3, -0.25) is 0 Å². The molecular weight excluding hydrogens is 373 g/mol. The van der Waals surface area contributed by atoms with Crippen LogP contribution >= 0.6 is 43.5 Å². The molecule has 0 unspecified atom stereocenters. The first-order valence-electron chi connectivity index (χ1n) is 4.55. The van der Waals surface area contributed by atoms with Gasteiger partial charge in [-0.1, -0.05) is 11.6 Å². The highest BCUT2D eigenvalue weighted by Gasteiger charge is 2.13. The van der Waals surface area contributed by atoms with Crippen molar-refractivity contribution in [3.8, 4) is 5.69 Å². The predicted molar refractivity (Wildman–Crippen MR) is 73.1 cm³/mol. The van der Waals surface area contributed by atoms with E-state index in [4.69, 9.17) is 16.7 Å². The SMILES string of the molecule is O=C(O)c1cc(Br)cn1-c1ccc(Cl)c(Br)c1. The van der Waals surface area contributed by atoms with Crippen LogP contribution in [-0.2, 0) is 0 Å². The second kappa shape index (κ2) is 4.84. The molecule has 0 saturated heterocycles. The quantitative estimate of drug-likeness (QED) is 0.843. The van der Waals surface area contributed by atoms with Gasteiger partial charge in [0.1, 0.15) is 5.69 Å². The Morgan fingerprint density at radius 2 is 2.00 bits per heavy atom. The van der Waals surface area contributed by atoms with E-state index >= 15 is 0 Å². The van der Waals surface area contributed by atoms with Crippen LogP contribution in [0.2, 0.25) is 5.02 Å². The number of carboxylic acids is 1. The van der Waals surface area contributed by atoms with Gasteiger partial charge in [-0.05, 0) is 56.1 Å². The first-order chi connectivity index (χ1) is 7.99. The van der Waals surface area contributed by atoms with Crippen LogP contribution in [-0.4, -0.2) is 15.6 Å². The van der Waals surface area contributed by atoms with E-state index in [0.717, 1.165) is 10.2 Å². The van der Waals surface area contributed by atoms with Gasteiger partial charge in [0.25, 0.3) is 0 Å². The second-order valence-corrected chi connectivity index (χ2v) is 5.49. The molecule has 1 heterocycles. The topological polar surface area (TPSA) is 42.2 Å². The second-order valence-electron chi connectivity index (χ2n) is 3.32. The predicted octanol–water partition coefficient (Wildman–Crippen LogP) is 4.35. The molecule has 1 aromatic heterocycles. The lowest BCUT2D eigenvalue weighted by Gasteiger charge is -2.07. The Hall–Kier alpha value is -0.780. The Bertz CT molecular complexity index is 595. The summed E-state index contributed by atoms with van der Waals surface area (Å²) in [4.78, 5) is 11.1. The summed E-state index contributed by atoms with van der Waals surface area (Å²) in [5.41, 5.74) is 0.912. The molecule has 0 saturated carbocycles. The first kappa shape index (κ1) is 12.7. The third kappa shape index (κ3) is 2.56. The molecule has 2 rings (SSSR count). The van der Waals surface area contributed by atoms with Gasteiger partial charge in [0.05, 0.1) is 5.02 Å². The third-order valence-corrected chi connectivity index (χ3v) is 3.83. The van der Waals surface area contributed by atoms with Crippen molar-refractivity contribution in [1.29, 1.82) is 0 Å². The number of aromatic nitrogens is 1. The summed E-state index contributed by atoms with van der Waals surface area (Å²) in [7, 11) is 0. The number of halogens is 3. The van der Waals surface area contributed by atoms with E-state index in [-0.39, 0.29) is 5.69 Å². The van der Waals surface area contributed by atoms with Crippen molar-refractivity contribution in [1.82, 2.24) is 4.57 Å². The number of rotatable bonds is 2. The molecule has 0 bridgehead atoms. The number of hydrogen-bond acceptors (Lipinski definition) is 1. The number of carboxylic acid groups (broad SMARTS) is 1. The van der Waals surface area contributed by atoms with Crippen molar-refractivity contribution >= 4 is 49.4 Å². The van der Waals surface area contributed by atoms with Crippen molar-refractivity contribution in [3.05, 3.63) is 50.1 Å². The summed E-state index contributed by atoms with van der Waals surface area (Å²) >= 11 is 12.5. The Morgan fingerprint density at radius 3 is 2.59 bits per heavy atom. The van der Waals surface area contributed by atoms with Crippen LogP contribution in [0.3, 0.4) is 0 Å². The average molecular weight is 379 g/mol. The van der Waals surface area contributed by atoms with E-state index in [1.807, 2.05) is 0 Å². The van der Waals surface area contributed by atoms with Crippen LogP contribution in [0, 0.1) is 0 Å². The van der Waals surface area contributed by atoms with Gasteiger partial charge >= 0.3 is 5.97 Å². The Labute approximate surface area is 119 Å². The molecule has 0 aliphatic rings. The van der Waals surface area contributed by atoms with Crippen LogP contribution in [0.15, 0.2) is 39.4 Å². The number of carbonyl (C=O) groups is 1. The molecule has 0 radical (unpaired) electrons. The molecule has 17 heavy (non-hydrogen) atoms. The van der Waals surface area contributed by atoms with E-state index in [9.17, 15) is 4.79 Å². The zero-order chi connectivity index (χ0) is 12.6. The normalized spacial score (nSPS) is 10.5. The van der Waals surface area contributed by atoms with E-state index in [1.165, 1.54) is 0 Å². The summed E-state index contributed by atoms with van der Waals surface area (Å²) in [6.07, 6.45) is 1.69. The van der Waals surface area contributed by atoms with Gasteiger partial charge in [-0.2, -0.15) is 0 Å². The molecule has 0 spiro atoms. The fourth-order valence-electron chi connectivity index (χ4n) is 1.44. The van der Waals surface area contributed by atoms with Gasteiger partial charge in [0.15, 0.2) is 0 Å². The molecule has 1 aromatic carbocycles. The van der Waals surface area contributed by atoms with Crippen molar-refractivity contribution in [3.63, 3.8) is 0 Å². The fraction of sp³-hybridized carbons (Fsp3) is 0. The number of hydrogen-bond donors (Lipinski definition) is 1. The largest absolute Gasteiger partial charge is 0.477 e. The number of nitrogens with zero attached hydrogens (tertiary/aromatic N) is 1. The summed E-state index contributed by atoms with van der Waals surface area (Å²) in [6, 6.07) is 6.78. The third-order valence-electron chi connectivity index (χ3n) is 2.19. The van der Waals surface area contributed by atoms with Gasteiger partial charge in [-0.25, -0.2) is 4.79 Å². The lowest BCUT2D eigenvalue weighted by Crippen LogP contribution is -2.05. The molecule has 1 N–H and O–H groups in total. The minimum Gasteiger partial charge on any atom is -0.477 e. The van der Waals surface area contributed by atoms with Gasteiger partial charge in [0, 0.05) is 20.8 Å². The van der Waals surface area contributed by atoms with Crippen molar-refractivity contribution in [2.75, 3.05) is 0 Å². The van der Waals surface area contributed by atoms with Crippen LogP contribution < -0.4 is 0 Å². The van der Waals surface area contributed by atoms with Crippen molar-refractivity contribution < 1.29 is 9.90 Å². The molecule has 6 heteroatoms. The fourth-order valence-corrected chi connectivity index (χ4v) is 2.35. The molecule has 0 aliphatic carbocycles. The maximum absolute atomic E-state index is 11.1. The Kier molecular flexibility index (Phi) is 3.61. The molecule has 0 fully saturated rings. The highest BCUT2D eigenvalue weighted by Crippen LogP contribution is 2.27. The van der Waals surface area contributed by atoms with E-state index in [2.05, 4.69) is 31.9 Å². The minimum atomic E-state index is -0.984.